The molecule has 0 radical (unpaired) electrons. The van der Waals surface area contributed by atoms with Crippen LogP contribution < -0.4 is 11.5 Å². The van der Waals surface area contributed by atoms with Gasteiger partial charge in [0, 0.05) is 7.05 Å². The number of aryl methyl sites for hydroxylation is 2. The first kappa shape index (κ1) is 10.6. The van der Waals surface area contributed by atoms with Crippen molar-refractivity contribution in [3.63, 3.8) is 0 Å². The topological polar surface area (TPSA) is 86.9 Å². The molecule has 1 aromatic heterocycles. The van der Waals surface area contributed by atoms with Gasteiger partial charge in [0.2, 0.25) is 5.91 Å². The van der Waals surface area contributed by atoms with E-state index < -0.39 is 11.9 Å². The minimum absolute atomic E-state index is 0.535. The Labute approximate surface area is 93.1 Å². The largest absolute Gasteiger partial charge is 0.368 e. The molecule has 5 heteroatoms. The van der Waals surface area contributed by atoms with Gasteiger partial charge in [0.05, 0.1) is 11.0 Å². The van der Waals surface area contributed by atoms with Gasteiger partial charge in [-0.15, -0.1) is 0 Å². The molecule has 1 atom stereocenters. The van der Waals surface area contributed by atoms with Gasteiger partial charge in [0.1, 0.15) is 11.9 Å². The third-order valence-electron chi connectivity index (χ3n) is 2.79. The van der Waals surface area contributed by atoms with Gasteiger partial charge in [-0.2, -0.15) is 0 Å². The number of primary amides is 1. The van der Waals surface area contributed by atoms with Crippen molar-refractivity contribution in [2.75, 3.05) is 0 Å². The van der Waals surface area contributed by atoms with Crippen molar-refractivity contribution in [3.8, 4) is 0 Å². The molecule has 1 aromatic carbocycles. The van der Waals surface area contributed by atoms with Crippen LogP contribution >= 0.6 is 0 Å². The van der Waals surface area contributed by atoms with Crippen LogP contribution in [0.25, 0.3) is 11.0 Å². The molecule has 5 nitrogen and oxygen atoms in total. The van der Waals surface area contributed by atoms with E-state index in [1.165, 1.54) is 0 Å². The van der Waals surface area contributed by atoms with Crippen LogP contribution in [0.4, 0.5) is 0 Å². The quantitative estimate of drug-likeness (QED) is 0.763. The number of carbonyl (C=O) groups excluding carboxylic acids is 1. The standard InChI is InChI=1S/C11H14N4O/c1-6-14-8-5-7(10(12)11(13)16)3-4-9(8)15(6)2/h3-5,10H,12H2,1-2H3,(H2,13,16). The van der Waals surface area contributed by atoms with Crippen LogP contribution in [0.3, 0.4) is 0 Å². The maximum atomic E-state index is 11.0. The van der Waals surface area contributed by atoms with Gasteiger partial charge in [-0.3, -0.25) is 4.79 Å². The van der Waals surface area contributed by atoms with Crippen LogP contribution in [0.15, 0.2) is 18.2 Å². The molecule has 0 aliphatic rings. The lowest BCUT2D eigenvalue weighted by Gasteiger charge is -2.07. The van der Waals surface area contributed by atoms with Crippen molar-refractivity contribution in [1.82, 2.24) is 9.55 Å². The van der Waals surface area contributed by atoms with E-state index in [0.29, 0.717) is 5.56 Å². The third-order valence-corrected chi connectivity index (χ3v) is 2.79. The Bertz CT molecular complexity index is 558. The number of amides is 1. The van der Waals surface area contributed by atoms with Crippen molar-refractivity contribution in [2.24, 2.45) is 18.5 Å². The number of benzene rings is 1. The monoisotopic (exact) mass is 218 g/mol. The van der Waals surface area contributed by atoms with E-state index in [0.717, 1.165) is 16.9 Å². The summed E-state index contributed by atoms with van der Waals surface area (Å²) in [7, 11) is 1.94. The smallest absolute Gasteiger partial charge is 0.238 e. The van der Waals surface area contributed by atoms with Gasteiger partial charge in [0.25, 0.3) is 0 Å². The summed E-state index contributed by atoms with van der Waals surface area (Å²) in [6.45, 7) is 1.92. The summed E-state index contributed by atoms with van der Waals surface area (Å²) in [5.74, 6) is 0.381. The predicted octanol–water partition coefficient (Wildman–Crippen LogP) is 0.367. The van der Waals surface area contributed by atoms with Crippen LogP contribution in [0.2, 0.25) is 0 Å². The highest BCUT2D eigenvalue weighted by atomic mass is 16.1. The predicted molar refractivity (Wildman–Crippen MR) is 61.6 cm³/mol. The van der Waals surface area contributed by atoms with E-state index >= 15 is 0 Å². The average molecular weight is 218 g/mol. The number of nitrogens with two attached hydrogens (primary N) is 2. The summed E-state index contributed by atoms with van der Waals surface area (Å²) < 4.78 is 1.98. The summed E-state index contributed by atoms with van der Waals surface area (Å²) in [6.07, 6.45) is 0. The Hall–Kier alpha value is -1.88. The average Bonchev–Trinajstić information content (AvgIpc) is 2.53. The second kappa shape index (κ2) is 3.61. The molecule has 0 saturated carbocycles. The summed E-state index contributed by atoms with van der Waals surface area (Å²) in [6, 6.07) is 4.73. The molecule has 16 heavy (non-hydrogen) atoms. The highest BCUT2D eigenvalue weighted by Gasteiger charge is 2.13. The molecule has 0 aliphatic carbocycles. The van der Waals surface area contributed by atoms with Crippen LogP contribution in [-0.4, -0.2) is 15.5 Å². The Morgan fingerprint density at radius 1 is 1.50 bits per heavy atom. The molecule has 1 heterocycles. The molecule has 0 fully saturated rings. The summed E-state index contributed by atoms with van der Waals surface area (Å²) in [5.41, 5.74) is 13.4. The van der Waals surface area contributed by atoms with E-state index in [2.05, 4.69) is 4.98 Å². The Balaban J connectivity index is 2.56. The number of carbonyl (C=O) groups is 1. The van der Waals surface area contributed by atoms with E-state index in [-0.39, 0.29) is 0 Å². The molecule has 1 amide bonds. The number of nitrogens with zero attached hydrogens (tertiary/aromatic N) is 2. The van der Waals surface area contributed by atoms with Crippen molar-refractivity contribution in [1.29, 1.82) is 0 Å². The minimum atomic E-state index is -0.772. The summed E-state index contributed by atoms with van der Waals surface area (Å²) in [4.78, 5) is 15.3. The van der Waals surface area contributed by atoms with E-state index in [9.17, 15) is 4.79 Å². The molecule has 2 aromatic rings. The second-order valence-electron chi connectivity index (χ2n) is 3.85. The van der Waals surface area contributed by atoms with Gasteiger partial charge in [0.15, 0.2) is 0 Å². The molecule has 0 aliphatic heterocycles. The molecule has 0 saturated heterocycles. The second-order valence-corrected chi connectivity index (χ2v) is 3.85. The van der Waals surface area contributed by atoms with Crippen LogP contribution in [0.5, 0.6) is 0 Å². The summed E-state index contributed by atoms with van der Waals surface area (Å²) >= 11 is 0. The zero-order chi connectivity index (χ0) is 11.9. The highest BCUT2D eigenvalue weighted by Crippen LogP contribution is 2.19. The summed E-state index contributed by atoms with van der Waals surface area (Å²) in [5, 5.41) is 0. The van der Waals surface area contributed by atoms with E-state index in [4.69, 9.17) is 11.5 Å². The molecule has 0 bridgehead atoms. The zero-order valence-corrected chi connectivity index (χ0v) is 9.27. The molecule has 2 rings (SSSR count). The molecular formula is C11H14N4O. The van der Waals surface area contributed by atoms with Gasteiger partial charge < -0.3 is 16.0 Å². The SMILES string of the molecule is Cc1nc2cc(C(N)C(N)=O)ccc2n1C. The molecule has 1 unspecified atom stereocenters. The first-order valence-electron chi connectivity index (χ1n) is 4.98. The molecule has 84 valence electrons. The highest BCUT2D eigenvalue weighted by molar-refractivity contribution is 5.84. The number of hydrogen-bond donors (Lipinski definition) is 2. The maximum Gasteiger partial charge on any atom is 0.238 e. The van der Waals surface area contributed by atoms with Crippen LogP contribution in [0.1, 0.15) is 17.4 Å². The van der Waals surface area contributed by atoms with Crippen molar-refractivity contribution < 1.29 is 4.79 Å². The van der Waals surface area contributed by atoms with Crippen molar-refractivity contribution in [3.05, 3.63) is 29.6 Å². The zero-order valence-electron chi connectivity index (χ0n) is 9.27. The van der Waals surface area contributed by atoms with Gasteiger partial charge in [-0.05, 0) is 24.6 Å². The van der Waals surface area contributed by atoms with Gasteiger partial charge in [-0.25, -0.2) is 4.98 Å². The lowest BCUT2D eigenvalue weighted by molar-refractivity contribution is -0.119. The Morgan fingerprint density at radius 3 is 2.81 bits per heavy atom. The maximum absolute atomic E-state index is 11.0. The Morgan fingerprint density at radius 2 is 2.19 bits per heavy atom. The number of hydrogen-bond acceptors (Lipinski definition) is 3. The first-order chi connectivity index (χ1) is 7.50. The number of rotatable bonds is 2. The molecular weight excluding hydrogens is 204 g/mol. The fourth-order valence-electron chi connectivity index (χ4n) is 1.69. The van der Waals surface area contributed by atoms with E-state index in [1.54, 1.807) is 12.1 Å². The Kier molecular flexibility index (Phi) is 2.40. The fraction of sp³-hybridized carbons (Fsp3) is 0.273. The van der Waals surface area contributed by atoms with Crippen molar-refractivity contribution in [2.45, 2.75) is 13.0 Å². The van der Waals surface area contributed by atoms with Gasteiger partial charge >= 0.3 is 0 Å². The lowest BCUT2D eigenvalue weighted by Crippen LogP contribution is -2.28. The van der Waals surface area contributed by atoms with Crippen molar-refractivity contribution >= 4 is 16.9 Å². The number of imidazole rings is 1. The van der Waals surface area contributed by atoms with Crippen LogP contribution in [0, 0.1) is 6.92 Å². The third kappa shape index (κ3) is 1.55. The molecule has 0 spiro atoms. The van der Waals surface area contributed by atoms with E-state index in [1.807, 2.05) is 24.6 Å². The molecule has 4 N–H and O–H groups in total. The van der Waals surface area contributed by atoms with Crippen LogP contribution in [-0.2, 0) is 11.8 Å². The number of fused-ring (bicyclic) bond motifs is 1. The lowest BCUT2D eigenvalue weighted by atomic mass is 10.1. The first-order valence-corrected chi connectivity index (χ1v) is 4.98. The van der Waals surface area contributed by atoms with Gasteiger partial charge in [-0.1, -0.05) is 6.07 Å². The minimum Gasteiger partial charge on any atom is -0.368 e. The number of aromatic nitrogens is 2. The normalized spacial score (nSPS) is 12.9. The fourth-order valence-corrected chi connectivity index (χ4v) is 1.69.